The number of hydrogen-bond donors (Lipinski definition) is 2. The maximum absolute atomic E-state index is 13.4. The first-order chi connectivity index (χ1) is 16.5. The number of anilines is 2. The summed E-state index contributed by atoms with van der Waals surface area (Å²) in [6, 6.07) is 25.0. The number of ether oxygens (including phenoxy) is 1. The van der Waals surface area contributed by atoms with E-state index in [1.54, 1.807) is 6.92 Å². The lowest BCUT2D eigenvalue weighted by Crippen LogP contribution is -2.34. The fourth-order valence-corrected chi connectivity index (χ4v) is 4.88. The van der Waals surface area contributed by atoms with Crippen molar-refractivity contribution < 1.29 is 14.3 Å². The molecule has 5 rings (SSSR count). The summed E-state index contributed by atoms with van der Waals surface area (Å²) in [5.41, 5.74) is 4.05. The number of hydrogen-bond acceptors (Lipinski definition) is 5. The van der Waals surface area contributed by atoms with Gasteiger partial charge in [-0.1, -0.05) is 60.7 Å². The molecule has 0 saturated carbocycles. The first kappa shape index (κ1) is 21.9. The molecular weight excluding hydrogens is 446 g/mol. The average molecular weight is 470 g/mol. The fourth-order valence-electron chi connectivity index (χ4n) is 4.04. The number of aryl methyl sites for hydroxylation is 1. The number of nitrogens with zero attached hydrogens (tertiary/aromatic N) is 1. The van der Waals surface area contributed by atoms with Crippen molar-refractivity contribution >= 4 is 34.0 Å². The van der Waals surface area contributed by atoms with Gasteiger partial charge in [-0.2, -0.15) is 0 Å². The third kappa shape index (κ3) is 4.30. The first-order valence-electron chi connectivity index (χ1n) is 11.0. The second-order valence-electron chi connectivity index (χ2n) is 8.13. The zero-order valence-corrected chi connectivity index (χ0v) is 19.6. The lowest BCUT2D eigenvalue weighted by atomic mass is 9.90. The minimum atomic E-state index is -0.525. The Morgan fingerprint density at radius 1 is 1.03 bits per heavy atom. The standard InChI is InChI=1S/C27H23N3O3S/c1-16-25(31)28-21-15-20(13-14-22(21)33-16)24-17(2)34-27(29-24)30-26(32)23(18-9-5-3-6-10-18)19-11-7-4-8-12-19/h3-16,23H,1-2H3,(H,28,31)(H,29,30,32). The van der Waals surface area contributed by atoms with Crippen LogP contribution in [0.1, 0.15) is 28.8 Å². The Balaban J connectivity index is 1.42. The zero-order chi connectivity index (χ0) is 23.7. The van der Waals surface area contributed by atoms with Crippen molar-refractivity contribution in [1.29, 1.82) is 0 Å². The summed E-state index contributed by atoms with van der Waals surface area (Å²) in [5, 5.41) is 6.42. The second-order valence-corrected chi connectivity index (χ2v) is 9.33. The van der Waals surface area contributed by atoms with E-state index < -0.39 is 12.0 Å². The summed E-state index contributed by atoms with van der Waals surface area (Å²) >= 11 is 1.42. The lowest BCUT2D eigenvalue weighted by Gasteiger charge is -2.23. The van der Waals surface area contributed by atoms with Gasteiger partial charge in [-0.15, -0.1) is 11.3 Å². The quantitative estimate of drug-likeness (QED) is 0.398. The summed E-state index contributed by atoms with van der Waals surface area (Å²) < 4.78 is 5.65. The normalized spacial score (nSPS) is 14.8. The molecule has 0 bridgehead atoms. The largest absolute Gasteiger partial charge is 0.479 e. The van der Waals surface area contributed by atoms with E-state index in [0.717, 1.165) is 27.3 Å². The highest BCUT2D eigenvalue weighted by Crippen LogP contribution is 2.37. The second kappa shape index (κ2) is 9.11. The van der Waals surface area contributed by atoms with Gasteiger partial charge >= 0.3 is 0 Å². The summed E-state index contributed by atoms with van der Waals surface area (Å²) in [4.78, 5) is 31.1. The van der Waals surface area contributed by atoms with Gasteiger partial charge < -0.3 is 15.4 Å². The Morgan fingerprint density at radius 2 is 1.68 bits per heavy atom. The highest BCUT2D eigenvalue weighted by Gasteiger charge is 2.26. The highest BCUT2D eigenvalue weighted by atomic mass is 32.1. The van der Waals surface area contributed by atoms with Crippen LogP contribution in [0, 0.1) is 6.92 Å². The van der Waals surface area contributed by atoms with Crippen molar-refractivity contribution in [3.8, 4) is 17.0 Å². The van der Waals surface area contributed by atoms with Crippen molar-refractivity contribution in [2.24, 2.45) is 0 Å². The molecule has 0 spiro atoms. The van der Waals surface area contributed by atoms with Crippen molar-refractivity contribution in [2.75, 3.05) is 10.6 Å². The molecule has 34 heavy (non-hydrogen) atoms. The van der Waals surface area contributed by atoms with Gasteiger partial charge in [0.1, 0.15) is 5.75 Å². The van der Waals surface area contributed by atoms with Gasteiger partial charge in [-0.25, -0.2) is 4.98 Å². The van der Waals surface area contributed by atoms with Crippen molar-refractivity contribution in [3.63, 3.8) is 0 Å². The molecule has 2 amide bonds. The predicted molar refractivity (Wildman–Crippen MR) is 134 cm³/mol. The summed E-state index contributed by atoms with van der Waals surface area (Å²) in [6.07, 6.45) is -0.525. The molecule has 3 aromatic carbocycles. The molecule has 4 aromatic rings. The van der Waals surface area contributed by atoms with E-state index >= 15 is 0 Å². The van der Waals surface area contributed by atoms with Crippen LogP contribution in [0.3, 0.4) is 0 Å². The number of thiazole rings is 1. The molecule has 0 aliphatic carbocycles. The summed E-state index contributed by atoms with van der Waals surface area (Å²) in [6.45, 7) is 3.68. The number of rotatable bonds is 5. The van der Waals surface area contributed by atoms with Gasteiger partial charge in [0.25, 0.3) is 5.91 Å². The van der Waals surface area contributed by atoms with Crippen LogP contribution in [-0.4, -0.2) is 22.9 Å². The third-order valence-electron chi connectivity index (χ3n) is 5.74. The average Bonchev–Trinajstić information content (AvgIpc) is 3.21. The molecule has 7 heteroatoms. The SMILES string of the molecule is Cc1sc(NC(=O)C(c2ccccc2)c2ccccc2)nc1-c1ccc2c(c1)NC(=O)C(C)O2. The Labute approximate surface area is 201 Å². The number of carbonyl (C=O) groups excluding carboxylic acids is 2. The molecule has 1 aliphatic rings. The van der Waals surface area contributed by atoms with E-state index in [-0.39, 0.29) is 11.8 Å². The zero-order valence-electron chi connectivity index (χ0n) is 18.7. The van der Waals surface area contributed by atoms with Crippen LogP contribution >= 0.6 is 11.3 Å². The monoisotopic (exact) mass is 469 g/mol. The van der Waals surface area contributed by atoms with Crippen LogP contribution in [0.4, 0.5) is 10.8 Å². The van der Waals surface area contributed by atoms with Gasteiger partial charge in [0.2, 0.25) is 5.91 Å². The van der Waals surface area contributed by atoms with Crippen molar-refractivity contribution in [2.45, 2.75) is 25.9 Å². The number of amides is 2. The Hall–Kier alpha value is -3.97. The lowest BCUT2D eigenvalue weighted by molar-refractivity contribution is -0.122. The van der Waals surface area contributed by atoms with Gasteiger partial charge in [0.15, 0.2) is 11.2 Å². The number of benzene rings is 3. The van der Waals surface area contributed by atoms with Crippen LogP contribution in [0.15, 0.2) is 78.9 Å². The van der Waals surface area contributed by atoms with E-state index in [9.17, 15) is 9.59 Å². The number of aromatic nitrogens is 1. The fraction of sp³-hybridized carbons (Fsp3) is 0.148. The predicted octanol–water partition coefficient (Wildman–Crippen LogP) is 5.61. The smallest absolute Gasteiger partial charge is 0.265 e. The molecule has 2 heterocycles. The van der Waals surface area contributed by atoms with Crippen LogP contribution < -0.4 is 15.4 Å². The summed E-state index contributed by atoms with van der Waals surface area (Å²) in [7, 11) is 0. The molecule has 6 nitrogen and oxygen atoms in total. The van der Waals surface area contributed by atoms with Crippen LogP contribution in [-0.2, 0) is 9.59 Å². The molecule has 2 N–H and O–H groups in total. The van der Waals surface area contributed by atoms with Gasteiger partial charge in [-0.3, -0.25) is 9.59 Å². The molecule has 0 radical (unpaired) electrons. The maximum Gasteiger partial charge on any atom is 0.265 e. The molecule has 1 aliphatic heterocycles. The first-order valence-corrected chi connectivity index (χ1v) is 11.8. The summed E-state index contributed by atoms with van der Waals surface area (Å²) in [5.74, 6) is -0.141. The third-order valence-corrected chi connectivity index (χ3v) is 6.62. The topological polar surface area (TPSA) is 80.3 Å². The molecule has 0 saturated heterocycles. The molecular formula is C27H23N3O3S. The van der Waals surface area contributed by atoms with Crippen LogP contribution in [0.5, 0.6) is 5.75 Å². The minimum Gasteiger partial charge on any atom is -0.479 e. The Kier molecular flexibility index (Phi) is 5.86. The Morgan fingerprint density at radius 3 is 2.32 bits per heavy atom. The number of carbonyl (C=O) groups is 2. The van der Waals surface area contributed by atoms with Crippen LogP contribution in [0.25, 0.3) is 11.3 Å². The van der Waals surface area contributed by atoms with Gasteiger partial charge in [0.05, 0.1) is 17.3 Å². The van der Waals surface area contributed by atoms with E-state index in [2.05, 4.69) is 10.6 Å². The van der Waals surface area contributed by atoms with E-state index in [0.29, 0.717) is 16.6 Å². The number of fused-ring (bicyclic) bond motifs is 1. The van der Waals surface area contributed by atoms with Gasteiger partial charge in [-0.05, 0) is 43.2 Å². The van der Waals surface area contributed by atoms with Crippen molar-refractivity contribution in [1.82, 2.24) is 4.98 Å². The van der Waals surface area contributed by atoms with Crippen LogP contribution in [0.2, 0.25) is 0 Å². The molecule has 170 valence electrons. The Bertz CT molecular complexity index is 1310. The minimum absolute atomic E-state index is 0.141. The van der Waals surface area contributed by atoms with E-state index in [1.165, 1.54) is 11.3 Å². The van der Waals surface area contributed by atoms with Gasteiger partial charge in [0, 0.05) is 10.4 Å². The molecule has 1 aromatic heterocycles. The van der Waals surface area contributed by atoms with E-state index in [4.69, 9.17) is 9.72 Å². The maximum atomic E-state index is 13.4. The molecule has 0 fully saturated rings. The molecule has 1 atom stereocenters. The highest BCUT2D eigenvalue weighted by molar-refractivity contribution is 7.16. The molecule has 1 unspecified atom stereocenters. The van der Waals surface area contributed by atoms with E-state index in [1.807, 2.05) is 85.8 Å². The van der Waals surface area contributed by atoms with Crippen molar-refractivity contribution in [3.05, 3.63) is 94.9 Å². The number of nitrogens with one attached hydrogen (secondary N) is 2.